The summed E-state index contributed by atoms with van der Waals surface area (Å²) < 4.78 is 0. The van der Waals surface area contributed by atoms with E-state index < -0.39 is 12.0 Å². The van der Waals surface area contributed by atoms with Crippen molar-refractivity contribution in [1.29, 1.82) is 0 Å². The first-order chi connectivity index (χ1) is 9.40. The molecule has 2 rings (SSSR count). The van der Waals surface area contributed by atoms with Gasteiger partial charge in [-0.05, 0) is 6.92 Å². The number of amides is 2. The lowest BCUT2D eigenvalue weighted by Crippen LogP contribution is -2.52. The smallest absolute Gasteiger partial charge is 0.326 e. The van der Waals surface area contributed by atoms with Gasteiger partial charge in [-0.1, -0.05) is 12.2 Å². The van der Waals surface area contributed by atoms with Crippen LogP contribution in [0.2, 0.25) is 0 Å². The molecule has 0 saturated carbocycles. The van der Waals surface area contributed by atoms with Crippen molar-refractivity contribution < 1.29 is 14.7 Å². The van der Waals surface area contributed by atoms with Gasteiger partial charge in [0.1, 0.15) is 6.04 Å². The summed E-state index contributed by atoms with van der Waals surface area (Å²) in [5.74, 6) is -1.02. The molecule has 2 N–H and O–H groups in total. The van der Waals surface area contributed by atoms with E-state index in [-0.39, 0.29) is 19.0 Å². The lowest BCUT2D eigenvalue weighted by atomic mass is 10.0. The molecular weight excluding hydrogens is 260 g/mol. The second-order valence-corrected chi connectivity index (χ2v) is 5.11. The molecule has 1 aliphatic heterocycles. The van der Waals surface area contributed by atoms with E-state index in [4.69, 9.17) is 0 Å². The summed E-state index contributed by atoms with van der Waals surface area (Å²) in [6, 6.07) is -1.20. The Bertz CT molecular complexity index is 552. The average molecular weight is 278 g/mol. The van der Waals surface area contributed by atoms with Crippen LogP contribution in [0.25, 0.3) is 0 Å². The van der Waals surface area contributed by atoms with Crippen molar-refractivity contribution in [2.24, 2.45) is 0 Å². The molecule has 0 spiro atoms. The first-order valence-electron chi connectivity index (χ1n) is 6.30. The molecule has 1 atom stereocenters. The number of hydrogen-bond donors (Lipinski definition) is 2. The summed E-state index contributed by atoms with van der Waals surface area (Å²) in [6.07, 6.45) is 1.75. The van der Waals surface area contributed by atoms with E-state index in [9.17, 15) is 14.7 Å². The number of nitrogens with one attached hydrogen (secondary N) is 1. The molecule has 1 aliphatic rings. The molecule has 0 radical (unpaired) electrons. The monoisotopic (exact) mass is 278 g/mol. The van der Waals surface area contributed by atoms with Gasteiger partial charge >= 0.3 is 12.0 Å². The fourth-order valence-corrected chi connectivity index (χ4v) is 2.35. The summed E-state index contributed by atoms with van der Waals surface area (Å²) in [4.78, 5) is 33.6. The van der Waals surface area contributed by atoms with Crippen molar-refractivity contribution in [2.45, 2.75) is 25.9 Å². The van der Waals surface area contributed by atoms with E-state index in [1.807, 2.05) is 6.92 Å². The molecule has 0 saturated heterocycles. The van der Waals surface area contributed by atoms with Gasteiger partial charge in [0, 0.05) is 20.0 Å². The Morgan fingerprint density at radius 3 is 2.95 bits per heavy atom. The fraction of sp³-hybridized carbons (Fsp3) is 0.462. The summed E-state index contributed by atoms with van der Waals surface area (Å²) in [5, 5.41) is 9.32. The number of aromatic nitrogens is 2. The number of carboxylic acids is 1. The van der Waals surface area contributed by atoms with Crippen LogP contribution in [0.15, 0.2) is 18.5 Å². The molecule has 0 aromatic carbocycles. The highest BCUT2D eigenvalue weighted by Gasteiger charge is 2.37. The second-order valence-electron chi connectivity index (χ2n) is 5.11. The number of nitrogens with zero attached hydrogens (tertiary/aromatic N) is 3. The Balaban J connectivity index is 2.22. The van der Waals surface area contributed by atoms with E-state index in [0.29, 0.717) is 12.2 Å². The fourth-order valence-electron chi connectivity index (χ4n) is 2.35. The standard InChI is InChI=1S/C13H18N4O3/c1-8(2)5-16(3)13(20)17-6-10-9(14-7-15-10)4-11(17)12(18)19/h7,11H,1,4-6H2,2-3H3,(H,14,15)(H,18,19). The molecule has 0 bridgehead atoms. The molecule has 1 aromatic heterocycles. The van der Waals surface area contributed by atoms with E-state index in [2.05, 4.69) is 16.5 Å². The van der Waals surface area contributed by atoms with E-state index >= 15 is 0 Å². The highest BCUT2D eigenvalue weighted by Crippen LogP contribution is 2.22. The first kappa shape index (κ1) is 14.1. The topological polar surface area (TPSA) is 89.5 Å². The largest absolute Gasteiger partial charge is 0.480 e. The molecule has 1 aromatic rings. The van der Waals surface area contributed by atoms with Crippen LogP contribution in [-0.4, -0.2) is 56.5 Å². The number of aliphatic carboxylic acids is 1. The Hall–Kier alpha value is -2.31. The minimum absolute atomic E-state index is 0.223. The lowest BCUT2D eigenvalue weighted by Gasteiger charge is -2.35. The molecule has 108 valence electrons. The number of imidazole rings is 1. The van der Waals surface area contributed by atoms with Gasteiger partial charge < -0.3 is 19.9 Å². The van der Waals surface area contributed by atoms with Gasteiger partial charge in [-0.2, -0.15) is 0 Å². The third-order valence-electron chi connectivity index (χ3n) is 3.26. The minimum atomic E-state index is -1.02. The molecule has 2 heterocycles. The number of urea groups is 1. The maximum atomic E-state index is 12.4. The third kappa shape index (κ3) is 2.66. The van der Waals surface area contributed by atoms with Crippen LogP contribution in [0.1, 0.15) is 18.3 Å². The van der Waals surface area contributed by atoms with Crippen molar-refractivity contribution in [1.82, 2.24) is 19.8 Å². The summed E-state index contributed by atoms with van der Waals surface area (Å²) in [5.41, 5.74) is 2.34. The minimum Gasteiger partial charge on any atom is -0.480 e. The zero-order chi connectivity index (χ0) is 14.9. The number of carbonyl (C=O) groups is 2. The molecule has 20 heavy (non-hydrogen) atoms. The Kier molecular flexibility index (Phi) is 3.78. The molecule has 0 aliphatic carbocycles. The molecule has 0 fully saturated rings. The summed E-state index contributed by atoms with van der Waals surface area (Å²) >= 11 is 0. The average Bonchev–Trinajstić information content (AvgIpc) is 2.82. The molecule has 7 nitrogen and oxygen atoms in total. The number of rotatable bonds is 3. The third-order valence-corrected chi connectivity index (χ3v) is 3.26. The van der Waals surface area contributed by atoms with Crippen LogP contribution < -0.4 is 0 Å². The van der Waals surface area contributed by atoms with Gasteiger partial charge in [-0.15, -0.1) is 0 Å². The van der Waals surface area contributed by atoms with Crippen LogP contribution in [0.3, 0.4) is 0 Å². The maximum absolute atomic E-state index is 12.4. The van der Waals surface area contributed by atoms with Crippen LogP contribution in [0.4, 0.5) is 4.79 Å². The molecule has 2 amide bonds. The SMILES string of the molecule is C=C(C)CN(C)C(=O)N1Cc2[nH]cnc2CC1C(=O)O. The predicted octanol–water partition coefficient (Wildman–Crippen LogP) is 0.849. The van der Waals surface area contributed by atoms with Crippen molar-refractivity contribution in [3.05, 3.63) is 29.9 Å². The first-order valence-corrected chi connectivity index (χ1v) is 6.30. The number of fused-ring (bicyclic) bond motifs is 1. The number of aromatic amines is 1. The second kappa shape index (κ2) is 5.36. The molecular formula is C13H18N4O3. The van der Waals surface area contributed by atoms with Gasteiger partial charge in [-0.25, -0.2) is 14.6 Å². The zero-order valence-corrected chi connectivity index (χ0v) is 11.6. The zero-order valence-electron chi connectivity index (χ0n) is 11.6. The number of H-pyrrole nitrogens is 1. The van der Waals surface area contributed by atoms with E-state index in [1.165, 1.54) is 16.1 Å². The van der Waals surface area contributed by atoms with Gasteiger partial charge in [0.05, 0.1) is 24.3 Å². The van der Waals surface area contributed by atoms with Crippen molar-refractivity contribution in [3.8, 4) is 0 Å². The van der Waals surface area contributed by atoms with Gasteiger partial charge in [-0.3, -0.25) is 0 Å². The molecule has 7 heteroatoms. The van der Waals surface area contributed by atoms with Crippen LogP contribution >= 0.6 is 0 Å². The van der Waals surface area contributed by atoms with Crippen LogP contribution in [0.5, 0.6) is 0 Å². The number of carboxylic acid groups (broad SMARTS) is 1. The maximum Gasteiger partial charge on any atom is 0.326 e. The number of carbonyl (C=O) groups excluding carboxylic acids is 1. The van der Waals surface area contributed by atoms with Gasteiger partial charge in [0.2, 0.25) is 0 Å². The Morgan fingerprint density at radius 2 is 2.35 bits per heavy atom. The highest BCUT2D eigenvalue weighted by molar-refractivity contribution is 5.83. The van der Waals surface area contributed by atoms with Crippen LogP contribution in [-0.2, 0) is 17.8 Å². The Morgan fingerprint density at radius 1 is 1.65 bits per heavy atom. The van der Waals surface area contributed by atoms with Gasteiger partial charge in [0.25, 0.3) is 0 Å². The highest BCUT2D eigenvalue weighted by atomic mass is 16.4. The van der Waals surface area contributed by atoms with Crippen molar-refractivity contribution in [2.75, 3.05) is 13.6 Å². The van der Waals surface area contributed by atoms with Crippen LogP contribution in [0, 0.1) is 0 Å². The van der Waals surface area contributed by atoms with E-state index in [0.717, 1.165) is 11.3 Å². The predicted molar refractivity (Wildman–Crippen MR) is 72.1 cm³/mol. The molecule has 1 unspecified atom stereocenters. The van der Waals surface area contributed by atoms with E-state index in [1.54, 1.807) is 7.05 Å². The quantitative estimate of drug-likeness (QED) is 0.802. The van der Waals surface area contributed by atoms with Gasteiger partial charge in [0.15, 0.2) is 0 Å². The van der Waals surface area contributed by atoms with Crippen molar-refractivity contribution in [3.63, 3.8) is 0 Å². The summed E-state index contributed by atoms with van der Waals surface area (Å²) in [6.45, 7) is 6.21. The number of likely N-dealkylation sites (N-methyl/N-ethyl adjacent to an activating group) is 1. The number of hydrogen-bond acceptors (Lipinski definition) is 3. The summed E-state index contributed by atoms with van der Waals surface area (Å²) in [7, 11) is 1.64. The van der Waals surface area contributed by atoms with Crippen molar-refractivity contribution >= 4 is 12.0 Å². The normalized spacial score (nSPS) is 17.5. The lowest BCUT2D eigenvalue weighted by molar-refractivity contribution is -0.142. The Labute approximate surface area is 116 Å².